The fourth-order valence-corrected chi connectivity index (χ4v) is 4.31. The zero-order chi connectivity index (χ0) is 19.4. The highest BCUT2D eigenvalue weighted by atomic mass is 32.2. The van der Waals surface area contributed by atoms with Gasteiger partial charge in [-0.1, -0.05) is 38.0 Å². The van der Waals surface area contributed by atoms with Gasteiger partial charge in [-0.25, -0.2) is 8.42 Å². The first-order valence-electron chi connectivity index (χ1n) is 8.28. The van der Waals surface area contributed by atoms with E-state index in [0.29, 0.717) is 6.42 Å². The summed E-state index contributed by atoms with van der Waals surface area (Å²) in [6, 6.07) is 4.82. The Kier molecular flexibility index (Phi) is 6.46. The van der Waals surface area contributed by atoms with E-state index in [0.717, 1.165) is 18.9 Å². The van der Waals surface area contributed by atoms with Crippen LogP contribution in [0.4, 0.5) is 13.2 Å². The summed E-state index contributed by atoms with van der Waals surface area (Å²) < 4.78 is 63.8. The number of hydrogen-bond acceptors (Lipinski definition) is 3. The van der Waals surface area contributed by atoms with Crippen molar-refractivity contribution in [1.29, 1.82) is 0 Å². The number of unbranched alkanes of at least 4 members (excludes halogenated alkanes) is 1. The van der Waals surface area contributed by atoms with Crippen LogP contribution in [0, 0.1) is 0 Å². The Morgan fingerprint density at radius 2 is 2.08 bits per heavy atom. The second-order valence-electron chi connectivity index (χ2n) is 6.04. The lowest BCUT2D eigenvalue weighted by atomic mass is 10.1. The zero-order valence-corrected chi connectivity index (χ0v) is 15.1. The maximum atomic E-state index is 12.9. The molecule has 0 saturated heterocycles. The van der Waals surface area contributed by atoms with Crippen LogP contribution in [0.3, 0.4) is 0 Å². The monoisotopic (exact) mass is 390 g/mol. The molecule has 1 aromatic rings. The predicted octanol–water partition coefficient (Wildman–Crippen LogP) is 3.10. The summed E-state index contributed by atoms with van der Waals surface area (Å²) >= 11 is 0. The van der Waals surface area contributed by atoms with Crippen LogP contribution in [0.5, 0.6) is 0 Å². The van der Waals surface area contributed by atoms with Gasteiger partial charge in [-0.3, -0.25) is 4.79 Å². The average Bonchev–Trinajstić information content (AvgIpc) is 3.06. The molecular weight excluding hydrogens is 369 g/mol. The minimum Gasteiger partial charge on any atom is -0.343 e. The van der Waals surface area contributed by atoms with Gasteiger partial charge in [-0.15, -0.1) is 0 Å². The van der Waals surface area contributed by atoms with Gasteiger partial charge in [0, 0.05) is 18.2 Å². The third-order valence-electron chi connectivity index (χ3n) is 4.02. The van der Waals surface area contributed by atoms with E-state index in [1.54, 1.807) is 11.4 Å². The second kappa shape index (κ2) is 8.22. The van der Waals surface area contributed by atoms with Crippen LogP contribution in [0.15, 0.2) is 41.3 Å². The normalized spacial score (nSPS) is 18.2. The molecule has 0 unspecified atom stereocenters. The van der Waals surface area contributed by atoms with Gasteiger partial charge in [-0.2, -0.15) is 17.5 Å². The molecule has 2 rings (SSSR count). The molecule has 0 radical (unpaired) electrons. The minimum absolute atomic E-state index is 0.109. The summed E-state index contributed by atoms with van der Waals surface area (Å²) in [4.78, 5) is 11.8. The first-order chi connectivity index (χ1) is 12.1. The van der Waals surface area contributed by atoms with E-state index in [1.165, 1.54) is 22.5 Å². The molecule has 1 amide bonds. The van der Waals surface area contributed by atoms with Crippen molar-refractivity contribution < 1.29 is 26.4 Å². The van der Waals surface area contributed by atoms with Crippen LogP contribution < -0.4 is 5.32 Å². The number of sulfonamides is 1. The summed E-state index contributed by atoms with van der Waals surface area (Å²) in [6.07, 6.45) is 1.59. The van der Waals surface area contributed by atoms with Gasteiger partial charge in [0.05, 0.1) is 4.90 Å². The van der Waals surface area contributed by atoms with Crippen molar-refractivity contribution in [3.63, 3.8) is 0 Å². The largest absolute Gasteiger partial charge is 0.405 e. The second-order valence-corrected chi connectivity index (χ2v) is 7.93. The number of halogens is 3. The van der Waals surface area contributed by atoms with Gasteiger partial charge in [0.2, 0.25) is 10.0 Å². The molecule has 1 aliphatic rings. The number of carbonyl (C=O) groups excluding carboxylic acids is 1. The van der Waals surface area contributed by atoms with Crippen molar-refractivity contribution >= 4 is 15.9 Å². The van der Waals surface area contributed by atoms with Gasteiger partial charge < -0.3 is 5.32 Å². The Labute approximate surface area is 150 Å². The minimum atomic E-state index is -4.53. The lowest BCUT2D eigenvalue weighted by Gasteiger charge is -2.24. The molecule has 0 aromatic heterocycles. The van der Waals surface area contributed by atoms with E-state index in [9.17, 15) is 26.4 Å². The van der Waals surface area contributed by atoms with E-state index >= 15 is 0 Å². The summed E-state index contributed by atoms with van der Waals surface area (Å²) in [5.41, 5.74) is -0.132. The SMILES string of the molecule is CCCC[C@H]1C=CCN1S(=O)(=O)c1cccc(C(=O)NCC(F)(F)F)c1. The first kappa shape index (κ1) is 20.4. The van der Waals surface area contributed by atoms with E-state index < -0.39 is 28.7 Å². The Bertz CT molecular complexity index is 776. The highest BCUT2D eigenvalue weighted by Gasteiger charge is 2.32. The molecule has 9 heteroatoms. The topological polar surface area (TPSA) is 66.5 Å². The fraction of sp³-hybridized carbons (Fsp3) is 0.471. The number of alkyl halides is 3. The maximum absolute atomic E-state index is 12.9. The van der Waals surface area contributed by atoms with E-state index in [2.05, 4.69) is 0 Å². The van der Waals surface area contributed by atoms with Crippen LogP contribution in [0.25, 0.3) is 0 Å². The van der Waals surface area contributed by atoms with Gasteiger partial charge in [-0.05, 0) is 24.6 Å². The molecule has 1 aliphatic heterocycles. The Morgan fingerprint density at radius 1 is 1.35 bits per heavy atom. The van der Waals surface area contributed by atoms with Gasteiger partial charge in [0.15, 0.2) is 0 Å². The summed E-state index contributed by atoms with van der Waals surface area (Å²) in [7, 11) is -3.85. The Balaban J connectivity index is 2.19. The van der Waals surface area contributed by atoms with E-state index in [-0.39, 0.29) is 23.0 Å². The summed E-state index contributed by atoms with van der Waals surface area (Å²) in [5.74, 6) is -0.971. The third kappa shape index (κ3) is 5.07. The van der Waals surface area contributed by atoms with E-state index in [1.807, 2.05) is 13.0 Å². The van der Waals surface area contributed by atoms with Crippen LogP contribution in [0.1, 0.15) is 36.5 Å². The fourth-order valence-electron chi connectivity index (χ4n) is 2.70. The molecule has 0 fully saturated rings. The number of rotatable bonds is 7. The number of benzene rings is 1. The highest BCUT2D eigenvalue weighted by Crippen LogP contribution is 2.25. The van der Waals surface area contributed by atoms with Crippen molar-refractivity contribution in [3.8, 4) is 0 Å². The predicted molar refractivity (Wildman–Crippen MR) is 91.2 cm³/mol. The first-order valence-corrected chi connectivity index (χ1v) is 9.72. The van der Waals surface area contributed by atoms with Gasteiger partial charge in [0.25, 0.3) is 5.91 Å². The quantitative estimate of drug-likeness (QED) is 0.728. The number of nitrogens with one attached hydrogen (secondary N) is 1. The number of hydrogen-bond donors (Lipinski definition) is 1. The molecule has 0 bridgehead atoms. The van der Waals surface area contributed by atoms with Crippen molar-refractivity contribution in [3.05, 3.63) is 42.0 Å². The molecule has 144 valence electrons. The Hall–Kier alpha value is -1.87. The molecule has 1 N–H and O–H groups in total. The van der Waals surface area contributed by atoms with Crippen molar-refractivity contribution in [2.45, 2.75) is 43.3 Å². The smallest absolute Gasteiger partial charge is 0.343 e. The van der Waals surface area contributed by atoms with Crippen LogP contribution in [-0.4, -0.2) is 43.9 Å². The van der Waals surface area contributed by atoms with Crippen molar-refractivity contribution in [2.75, 3.05) is 13.1 Å². The number of amides is 1. The molecule has 0 aliphatic carbocycles. The molecule has 0 saturated carbocycles. The molecule has 26 heavy (non-hydrogen) atoms. The highest BCUT2D eigenvalue weighted by molar-refractivity contribution is 7.89. The zero-order valence-electron chi connectivity index (χ0n) is 14.3. The summed E-state index contributed by atoms with van der Waals surface area (Å²) in [5, 5.41) is 1.74. The van der Waals surface area contributed by atoms with E-state index in [4.69, 9.17) is 0 Å². The van der Waals surface area contributed by atoms with Crippen LogP contribution in [-0.2, 0) is 10.0 Å². The maximum Gasteiger partial charge on any atom is 0.405 e. The molecule has 1 atom stereocenters. The van der Waals surface area contributed by atoms with Crippen LogP contribution >= 0.6 is 0 Å². The molecular formula is C17H21F3N2O3S. The molecule has 0 spiro atoms. The Morgan fingerprint density at radius 3 is 2.73 bits per heavy atom. The molecule has 1 aromatic carbocycles. The molecule has 5 nitrogen and oxygen atoms in total. The van der Waals surface area contributed by atoms with Gasteiger partial charge >= 0.3 is 6.18 Å². The number of nitrogens with zero attached hydrogens (tertiary/aromatic N) is 1. The van der Waals surface area contributed by atoms with Gasteiger partial charge in [0.1, 0.15) is 6.54 Å². The summed E-state index contributed by atoms with van der Waals surface area (Å²) in [6.45, 7) is 0.777. The number of carbonyl (C=O) groups is 1. The molecule has 1 heterocycles. The third-order valence-corrected chi connectivity index (χ3v) is 5.91. The average molecular weight is 390 g/mol. The lowest BCUT2D eigenvalue weighted by Crippen LogP contribution is -2.36. The lowest BCUT2D eigenvalue weighted by molar-refractivity contribution is -0.123. The van der Waals surface area contributed by atoms with Crippen molar-refractivity contribution in [1.82, 2.24) is 9.62 Å². The van der Waals surface area contributed by atoms with Crippen molar-refractivity contribution in [2.24, 2.45) is 0 Å². The van der Waals surface area contributed by atoms with Crippen LogP contribution in [0.2, 0.25) is 0 Å². The standard InChI is InChI=1S/C17H21F3N2O3S/c1-2-3-7-14-8-5-10-22(14)26(24,25)15-9-4-6-13(11-15)16(23)21-12-17(18,19)20/h4-6,8-9,11,14H,2-3,7,10,12H2,1H3,(H,21,23)/t14-/m0/s1.